The van der Waals surface area contributed by atoms with Crippen molar-refractivity contribution in [2.75, 3.05) is 52.7 Å². The molecule has 0 bridgehead atoms. The minimum atomic E-state index is -0.707. The van der Waals surface area contributed by atoms with Gasteiger partial charge in [0.2, 0.25) is 0 Å². The number of aryl methyl sites for hydroxylation is 2. The number of ether oxygens (including phenoxy) is 8. The summed E-state index contributed by atoms with van der Waals surface area (Å²) in [5.74, 6) is -1.54. The van der Waals surface area contributed by atoms with Gasteiger partial charge in [-0.3, -0.25) is 19.2 Å². The summed E-state index contributed by atoms with van der Waals surface area (Å²) < 4.78 is 46.6. The van der Waals surface area contributed by atoms with E-state index in [-0.39, 0.29) is 128 Å². The van der Waals surface area contributed by atoms with Crippen LogP contribution in [0.25, 0.3) is 0 Å². The second-order valence-electron chi connectivity index (χ2n) is 28.6. The fourth-order valence-electron chi connectivity index (χ4n) is 11.7. The standard InChI is InChI=1S/C67H104N8O16/c1-41-33-50(56(76)68-43-19-15-22-46(37-43)71-60(80)88-64(3,4)5)54(51(34-41)57(77)69-44-20-16-23-47(38-44)72-61(81)89-65(6,7)8)86-31-29-84-27-28-85-30-32-87-55-52(58(78)70-45-21-17-24-48(39-45)73-62(82)90-66(9,10)11)35-42(2)36-53(55)59(79)75-26-18-25-49(40-75)74-63(83)91-67(12,13)14/h33-36,43-49H,15-32,37-40H2,1-14H3,(H,68,76)(H,69,77)(H,70,78)(H,71,80)(H,72,81)(H,73,82)(H,74,83). The molecule has 8 amide bonds. The highest BCUT2D eigenvalue weighted by Crippen LogP contribution is 2.32. The molecule has 2 aromatic rings. The van der Waals surface area contributed by atoms with Gasteiger partial charge in [-0.2, -0.15) is 0 Å². The van der Waals surface area contributed by atoms with Crippen molar-refractivity contribution >= 4 is 48.0 Å². The number of alkyl carbamates (subject to hydrolysis) is 4. The Bertz CT molecular complexity index is 2750. The van der Waals surface area contributed by atoms with E-state index in [1.807, 2.05) is 0 Å². The van der Waals surface area contributed by atoms with Crippen LogP contribution in [0.3, 0.4) is 0 Å². The maximum Gasteiger partial charge on any atom is 0.407 e. The van der Waals surface area contributed by atoms with Gasteiger partial charge in [0.05, 0.1) is 48.7 Å². The minimum Gasteiger partial charge on any atom is -0.490 e. The molecule has 0 spiro atoms. The molecule has 508 valence electrons. The van der Waals surface area contributed by atoms with Crippen LogP contribution in [-0.2, 0) is 28.4 Å². The molecular formula is C67H104N8O16. The molecule has 4 fully saturated rings. The highest BCUT2D eigenvalue weighted by Gasteiger charge is 2.35. The van der Waals surface area contributed by atoms with Gasteiger partial charge in [0.1, 0.15) is 47.1 Å². The lowest BCUT2D eigenvalue weighted by Gasteiger charge is -2.34. The molecule has 24 heteroatoms. The zero-order valence-electron chi connectivity index (χ0n) is 56.4. The molecule has 0 aromatic heterocycles. The molecule has 3 aliphatic carbocycles. The van der Waals surface area contributed by atoms with E-state index >= 15 is 0 Å². The lowest BCUT2D eigenvalue weighted by molar-refractivity contribution is 0.0268. The van der Waals surface area contributed by atoms with Crippen LogP contribution < -0.4 is 46.7 Å². The van der Waals surface area contributed by atoms with Gasteiger partial charge in [0, 0.05) is 55.4 Å². The van der Waals surface area contributed by atoms with E-state index in [9.17, 15) is 38.4 Å². The van der Waals surface area contributed by atoms with E-state index in [0.29, 0.717) is 69.0 Å². The first-order valence-electron chi connectivity index (χ1n) is 32.6. The first kappa shape index (κ1) is 73.0. The summed E-state index contributed by atoms with van der Waals surface area (Å²) in [5, 5.41) is 21.2. The lowest BCUT2D eigenvalue weighted by atomic mass is 9.90. The first-order valence-corrected chi connectivity index (χ1v) is 32.6. The van der Waals surface area contributed by atoms with Gasteiger partial charge in [-0.1, -0.05) is 0 Å². The van der Waals surface area contributed by atoms with Gasteiger partial charge in [-0.05, 0) is 222 Å². The maximum atomic E-state index is 14.6. The van der Waals surface area contributed by atoms with Crippen molar-refractivity contribution in [2.24, 2.45) is 0 Å². The summed E-state index contributed by atoms with van der Waals surface area (Å²) >= 11 is 0. The van der Waals surface area contributed by atoms with Crippen LogP contribution in [0.4, 0.5) is 19.2 Å². The van der Waals surface area contributed by atoms with Crippen LogP contribution in [0.1, 0.15) is 226 Å². The Hall–Kier alpha value is -7.08. The van der Waals surface area contributed by atoms with E-state index in [4.69, 9.17) is 37.9 Å². The van der Waals surface area contributed by atoms with Crippen LogP contribution in [0.5, 0.6) is 11.5 Å². The van der Waals surface area contributed by atoms with Crippen LogP contribution in [-0.4, -0.2) is 170 Å². The molecule has 2 aromatic carbocycles. The van der Waals surface area contributed by atoms with Crippen LogP contribution in [0.2, 0.25) is 0 Å². The number of likely N-dealkylation sites (tertiary alicyclic amines) is 1. The van der Waals surface area contributed by atoms with Crippen molar-refractivity contribution in [3.63, 3.8) is 0 Å². The summed E-state index contributed by atoms with van der Waals surface area (Å²) in [6, 6.07) is 4.82. The molecule has 0 radical (unpaired) electrons. The van der Waals surface area contributed by atoms with Gasteiger partial charge in [-0.15, -0.1) is 0 Å². The Morgan fingerprint density at radius 2 is 0.659 bits per heavy atom. The van der Waals surface area contributed by atoms with E-state index in [1.54, 1.807) is 126 Å². The SMILES string of the molecule is Cc1cc(C(=O)NC2CCCC(NC(=O)OC(C)(C)C)C2)c(OCCOCCOCCOc2c(C(=O)NC3CCCC(NC(=O)OC(C)(C)C)C3)cc(C)cc2C(=O)N2CCCC(NC(=O)OC(C)(C)C)C2)c(C(=O)NC2CCCC(NC(=O)OC(C)(C)C)C2)c1. The number of hydrogen-bond acceptors (Lipinski definition) is 16. The van der Waals surface area contributed by atoms with E-state index in [2.05, 4.69) is 37.2 Å². The first-order chi connectivity index (χ1) is 42.7. The third-order valence-electron chi connectivity index (χ3n) is 15.4. The zero-order chi connectivity index (χ0) is 66.8. The van der Waals surface area contributed by atoms with E-state index < -0.39 is 64.5 Å². The number of benzene rings is 2. The molecule has 1 heterocycles. The quantitative estimate of drug-likeness (QED) is 0.0426. The number of nitrogens with one attached hydrogen (secondary N) is 7. The summed E-state index contributed by atoms with van der Waals surface area (Å²) in [6.07, 6.45) is 7.00. The number of nitrogens with zero attached hydrogens (tertiary/aromatic N) is 1. The van der Waals surface area contributed by atoms with Gasteiger partial charge < -0.3 is 80.0 Å². The molecule has 4 aliphatic rings. The Morgan fingerprint density at radius 1 is 0.385 bits per heavy atom. The number of carbonyl (C=O) groups is 8. The monoisotopic (exact) mass is 1280 g/mol. The van der Waals surface area contributed by atoms with Gasteiger partial charge >= 0.3 is 24.4 Å². The molecule has 1 aliphatic heterocycles. The van der Waals surface area contributed by atoms with Crippen LogP contribution in [0, 0.1) is 13.8 Å². The Morgan fingerprint density at radius 3 is 0.989 bits per heavy atom. The van der Waals surface area contributed by atoms with E-state index in [1.165, 1.54) is 0 Å². The van der Waals surface area contributed by atoms with Crippen LogP contribution in [0.15, 0.2) is 24.3 Å². The van der Waals surface area contributed by atoms with Crippen molar-refractivity contribution in [3.8, 4) is 11.5 Å². The number of amides is 8. The summed E-state index contributed by atoms with van der Waals surface area (Å²) in [5.41, 5.74) is -0.754. The number of rotatable bonds is 22. The van der Waals surface area contributed by atoms with Crippen molar-refractivity contribution in [1.82, 2.24) is 42.1 Å². The normalized spacial score (nSPS) is 21.4. The number of hydrogen-bond donors (Lipinski definition) is 7. The average molecular weight is 1280 g/mol. The maximum absolute atomic E-state index is 14.6. The van der Waals surface area contributed by atoms with Gasteiger partial charge in [0.25, 0.3) is 23.6 Å². The Balaban J connectivity index is 1.10. The van der Waals surface area contributed by atoms with E-state index in [0.717, 1.165) is 38.5 Å². The molecule has 6 rings (SSSR count). The molecule has 1 saturated heterocycles. The topological polar surface area (TPSA) is 298 Å². The van der Waals surface area contributed by atoms with Crippen molar-refractivity contribution < 1.29 is 76.3 Å². The van der Waals surface area contributed by atoms with Gasteiger partial charge in [-0.25, -0.2) is 19.2 Å². The largest absolute Gasteiger partial charge is 0.490 e. The molecular weight excluding hydrogens is 1170 g/mol. The van der Waals surface area contributed by atoms with Crippen molar-refractivity contribution in [3.05, 3.63) is 57.6 Å². The third-order valence-corrected chi connectivity index (χ3v) is 15.4. The third kappa shape index (κ3) is 25.5. The zero-order valence-corrected chi connectivity index (χ0v) is 56.4. The molecule has 7 unspecified atom stereocenters. The second kappa shape index (κ2) is 33.0. The molecule has 7 N–H and O–H groups in total. The van der Waals surface area contributed by atoms with Crippen molar-refractivity contribution in [1.29, 1.82) is 0 Å². The molecule has 24 nitrogen and oxygen atoms in total. The second-order valence-corrected chi connectivity index (χ2v) is 28.6. The van der Waals surface area contributed by atoms with Gasteiger partial charge in [0.15, 0.2) is 0 Å². The fourth-order valence-corrected chi connectivity index (χ4v) is 11.7. The number of carbonyl (C=O) groups excluding carboxylic acids is 8. The lowest BCUT2D eigenvalue weighted by Crippen LogP contribution is -2.50. The highest BCUT2D eigenvalue weighted by atomic mass is 16.6. The predicted octanol–water partition coefficient (Wildman–Crippen LogP) is 9.62. The molecule has 7 atom stereocenters. The summed E-state index contributed by atoms with van der Waals surface area (Å²) in [7, 11) is 0. The predicted molar refractivity (Wildman–Crippen MR) is 342 cm³/mol. The minimum absolute atomic E-state index is 0.0466. The van der Waals surface area contributed by atoms with Crippen molar-refractivity contribution in [2.45, 2.75) is 252 Å². The summed E-state index contributed by atoms with van der Waals surface area (Å²) in [6.45, 7) is 26.0. The Labute approximate surface area is 537 Å². The number of piperidine rings is 1. The average Bonchev–Trinajstić information content (AvgIpc) is 0.828. The Kier molecular flexibility index (Phi) is 26.4. The smallest absolute Gasteiger partial charge is 0.407 e. The molecule has 91 heavy (non-hydrogen) atoms. The summed E-state index contributed by atoms with van der Waals surface area (Å²) in [4.78, 5) is 110. The highest BCUT2D eigenvalue weighted by molar-refractivity contribution is 6.05. The van der Waals surface area contributed by atoms with Crippen LogP contribution >= 0.6 is 0 Å². The molecule has 3 saturated carbocycles. The fraction of sp³-hybridized carbons (Fsp3) is 0.701.